The largest absolute Gasteiger partial charge is 0.480 e. The number of carboxylic acid groups (broad SMARTS) is 1. The molecule has 2 N–H and O–H groups in total. The Balaban J connectivity index is 2.03. The summed E-state index contributed by atoms with van der Waals surface area (Å²) in [5.74, 6) is -1.13. The van der Waals surface area contributed by atoms with Crippen LogP contribution in [0, 0.1) is 0 Å². The predicted molar refractivity (Wildman–Crippen MR) is 74.5 cm³/mol. The third-order valence-corrected chi connectivity index (χ3v) is 4.61. The van der Waals surface area contributed by atoms with Crippen molar-refractivity contribution in [2.24, 2.45) is 0 Å². The molecule has 6 heteroatoms. The molecule has 1 aliphatic carbocycles. The van der Waals surface area contributed by atoms with Crippen molar-refractivity contribution in [1.29, 1.82) is 0 Å². The van der Waals surface area contributed by atoms with Gasteiger partial charge in [0.25, 0.3) is 5.91 Å². The second-order valence-electron chi connectivity index (χ2n) is 4.70. The molecule has 2 atom stereocenters. The molecule has 0 bridgehead atoms. The second-order valence-corrected chi connectivity index (χ2v) is 5.78. The number of thioether (sulfide) groups is 1. The monoisotopic (exact) mass is 282 g/mol. The van der Waals surface area contributed by atoms with Gasteiger partial charge >= 0.3 is 5.97 Å². The van der Waals surface area contributed by atoms with Gasteiger partial charge in [-0.05, 0) is 31.2 Å². The fourth-order valence-corrected chi connectivity index (χ4v) is 3.45. The molecular weight excluding hydrogens is 264 g/mol. The van der Waals surface area contributed by atoms with Gasteiger partial charge in [-0.2, -0.15) is 11.8 Å². The van der Waals surface area contributed by atoms with E-state index in [4.69, 9.17) is 5.11 Å². The molecular formula is C13H18N2O3S. The lowest BCUT2D eigenvalue weighted by Gasteiger charge is -2.19. The summed E-state index contributed by atoms with van der Waals surface area (Å²) >= 11 is 1.78. The minimum absolute atomic E-state index is 0.183. The Kier molecular flexibility index (Phi) is 4.52. The summed E-state index contributed by atoms with van der Waals surface area (Å²) in [5, 5.41) is 12.3. The van der Waals surface area contributed by atoms with E-state index in [1.165, 1.54) is 4.57 Å². The highest BCUT2D eigenvalue weighted by molar-refractivity contribution is 7.99. The smallest absolute Gasteiger partial charge is 0.323 e. The maximum Gasteiger partial charge on any atom is 0.323 e. The third kappa shape index (κ3) is 3.32. The molecule has 1 fully saturated rings. The molecule has 19 heavy (non-hydrogen) atoms. The van der Waals surface area contributed by atoms with E-state index in [2.05, 4.69) is 11.6 Å². The van der Waals surface area contributed by atoms with E-state index in [-0.39, 0.29) is 18.5 Å². The Morgan fingerprint density at radius 3 is 3.00 bits per heavy atom. The Morgan fingerprint density at radius 2 is 2.32 bits per heavy atom. The van der Waals surface area contributed by atoms with Crippen LogP contribution in [0.5, 0.6) is 0 Å². The first-order chi connectivity index (χ1) is 9.11. The molecule has 1 heterocycles. The highest BCUT2D eigenvalue weighted by atomic mass is 32.2. The number of hydrogen-bond donors (Lipinski definition) is 2. The molecule has 0 saturated heterocycles. The van der Waals surface area contributed by atoms with Crippen LogP contribution >= 0.6 is 11.8 Å². The summed E-state index contributed by atoms with van der Waals surface area (Å²) in [6.45, 7) is -0.188. The normalized spacial score (nSPS) is 22.4. The number of carboxylic acids is 1. The molecule has 0 spiro atoms. The first-order valence-electron chi connectivity index (χ1n) is 6.32. The summed E-state index contributed by atoms with van der Waals surface area (Å²) in [6, 6.07) is 3.54. The molecule has 0 aliphatic heterocycles. The molecule has 1 saturated carbocycles. The summed E-state index contributed by atoms with van der Waals surface area (Å²) in [4.78, 5) is 22.9. The van der Waals surface area contributed by atoms with Crippen LogP contribution in [0.25, 0.3) is 0 Å². The molecule has 1 aromatic rings. The van der Waals surface area contributed by atoms with E-state index in [0.717, 1.165) is 19.3 Å². The number of nitrogens with zero attached hydrogens (tertiary/aromatic N) is 1. The van der Waals surface area contributed by atoms with Gasteiger partial charge in [0.2, 0.25) is 0 Å². The van der Waals surface area contributed by atoms with Crippen molar-refractivity contribution < 1.29 is 14.7 Å². The number of aromatic nitrogens is 1. The number of amides is 1. The van der Waals surface area contributed by atoms with Crippen LogP contribution in [0.3, 0.4) is 0 Å². The van der Waals surface area contributed by atoms with Crippen LogP contribution in [-0.2, 0) is 11.3 Å². The first-order valence-corrected chi connectivity index (χ1v) is 7.61. The number of carbonyl (C=O) groups is 2. The molecule has 5 nitrogen and oxygen atoms in total. The fraction of sp³-hybridized carbons (Fsp3) is 0.538. The zero-order chi connectivity index (χ0) is 13.8. The van der Waals surface area contributed by atoms with E-state index in [9.17, 15) is 9.59 Å². The standard InChI is InChI=1S/C13H18N2O3S/c1-19-11-6-2-4-9(11)14-13(18)10-5-3-7-15(10)8-12(16)17/h3,5,7,9,11H,2,4,6,8H2,1H3,(H,14,18)(H,16,17). The zero-order valence-corrected chi connectivity index (χ0v) is 11.7. The number of aliphatic carboxylic acids is 1. The van der Waals surface area contributed by atoms with Crippen molar-refractivity contribution in [3.05, 3.63) is 24.0 Å². The minimum atomic E-state index is -0.951. The van der Waals surface area contributed by atoms with Gasteiger partial charge in [-0.3, -0.25) is 9.59 Å². The Bertz CT molecular complexity index is 472. The molecule has 1 amide bonds. The van der Waals surface area contributed by atoms with Crippen LogP contribution < -0.4 is 5.32 Å². The quantitative estimate of drug-likeness (QED) is 0.860. The number of hydrogen-bond acceptors (Lipinski definition) is 3. The van der Waals surface area contributed by atoms with Gasteiger partial charge < -0.3 is 15.0 Å². The average Bonchev–Trinajstić information content (AvgIpc) is 2.97. The van der Waals surface area contributed by atoms with E-state index in [1.54, 1.807) is 30.1 Å². The molecule has 104 valence electrons. The maximum atomic E-state index is 12.2. The van der Waals surface area contributed by atoms with E-state index >= 15 is 0 Å². The van der Waals surface area contributed by atoms with Crippen LogP contribution in [0.15, 0.2) is 18.3 Å². The third-order valence-electron chi connectivity index (χ3n) is 3.44. The lowest BCUT2D eigenvalue weighted by molar-refractivity contribution is -0.137. The van der Waals surface area contributed by atoms with Crippen LogP contribution in [-0.4, -0.2) is 39.1 Å². The lowest BCUT2D eigenvalue weighted by Crippen LogP contribution is -2.39. The zero-order valence-electron chi connectivity index (χ0n) is 10.8. The van der Waals surface area contributed by atoms with Gasteiger partial charge in [-0.1, -0.05) is 6.42 Å². The minimum Gasteiger partial charge on any atom is -0.480 e. The van der Waals surface area contributed by atoms with Gasteiger partial charge in [0.1, 0.15) is 12.2 Å². The van der Waals surface area contributed by atoms with E-state index in [1.807, 2.05) is 0 Å². The molecule has 0 aromatic carbocycles. The van der Waals surface area contributed by atoms with Gasteiger partial charge in [0.05, 0.1) is 0 Å². The van der Waals surface area contributed by atoms with Gasteiger partial charge in [0, 0.05) is 17.5 Å². The van der Waals surface area contributed by atoms with Crippen LogP contribution in [0.2, 0.25) is 0 Å². The predicted octanol–water partition coefficient (Wildman–Crippen LogP) is 1.59. The Hall–Kier alpha value is -1.43. The highest BCUT2D eigenvalue weighted by Crippen LogP contribution is 2.28. The number of nitrogens with one attached hydrogen (secondary N) is 1. The van der Waals surface area contributed by atoms with Crippen molar-refractivity contribution in [1.82, 2.24) is 9.88 Å². The molecule has 1 aromatic heterocycles. The summed E-state index contributed by atoms with van der Waals surface area (Å²) in [6.07, 6.45) is 6.93. The van der Waals surface area contributed by atoms with Gasteiger partial charge in [-0.25, -0.2) is 0 Å². The second kappa shape index (κ2) is 6.14. The summed E-state index contributed by atoms with van der Waals surface area (Å²) in [5.41, 5.74) is 0.411. The van der Waals surface area contributed by atoms with Crippen molar-refractivity contribution in [3.8, 4) is 0 Å². The van der Waals surface area contributed by atoms with Gasteiger partial charge in [-0.15, -0.1) is 0 Å². The topological polar surface area (TPSA) is 71.3 Å². The average molecular weight is 282 g/mol. The SMILES string of the molecule is CSC1CCCC1NC(=O)c1cccn1CC(=O)O. The number of carbonyl (C=O) groups excluding carboxylic acids is 1. The van der Waals surface area contributed by atoms with Crippen LogP contribution in [0.1, 0.15) is 29.8 Å². The molecule has 2 unspecified atom stereocenters. The summed E-state index contributed by atoms with van der Waals surface area (Å²) in [7, 11) is 0. The molecule has 2 rings (SSSR count). The van der Waals surface area contributed by atoms with Crippen LogP contribution in [0.4, 0.5) is 0 Å². The number of rotatable bonds is 5. The van der Waals surface area contributed by atoms with Crippen molar-refractivity contribution in [3.63, 3.8) is 0 Å². The molecule has 0 radical (unpaired) electrons. The Labute approximate surface area is 116 Å². The van der Waals surface area contributed by atoms with Crippen molar-refractivity contribution in [2.75, 3.05) is 6.26 Å². The highest BCUT2D eigenvalue weighted by Gasteiger charge is 2.28. The van der Waals surface area contributed by atoms with E-state index < -0.39 is 5.97 Å². The van der Waals surface area contributed by atoms with Crippen molar-refractivity contribution in [2.45, 2.75) is 37.1 Å². The Morgan fingerprint density at radius 1 is 1.53 bits per heavy atom. The fourth-order valence-electron chi connectivity index (χ4n) is 2.52. The molecule has 1 aliphatic rings. The first kappa shape index (κ1) is 14.0. The lowest BCUT2D eigenvalue weighted by atomic mass is 10.2. The maximum absolute atomic E-state index is 12.2. The van der Waals surface area contributed by atoms with Crippen molar-refractivity contribution >= 4 is 23.6 Å². The van der Waals surface area contributed by atoms with E-state index in [0.29, 0.717) is 10.9 Å². The summed E-state index contributed by atoms with van der Waals surface area (Å²) < 4.78 is 1.46. The van der Waals surface area contributed by atoms with Gasteiger partial charge in [0.15, 0.2) is 0 Å².